The zero-order chi connectivity index (χ0) is 21.0. The highest BCUT2D eigenvalue weighted by Crippen LogP contribution is 2.22. The molecule has 0 spiro atoms. The summed E-state index contributed by atoms with van der Waals surface area (Å²) >= 11 is 0. The Morgan fingerprint density at radius 3 is 2.34 bits per heavy atom. The largest absolute Gasteiger partial charge is 0.457 e. The van der Waals surface area contributed by atoms with Gasteiger partial charge in [-0.2, -0.15) is 0 Å². The third kappa shape index (κ3) is 4.82. The number of nitrogens with one attached hydrogen (secondary N) is 1. The van der Waals surface area contributed by atoms with Gasteiger partial charge in [-0.1, -0.05) is 18.2 Å². The lowest BCUT2D eigenvalue weighted by atomic mass is 10.1. The van der Waals surface area contributed by atoms with Crippen molar-refractivity contribution in [2.45, 2.75) is 26.7 Å². The predicted molar refractivity (Wildman–Crippen MR) is 106 cm³/mol. The second-order valence-corrected chi connectivity index (χ2v) is 7.14. The molecule has 0 aliphatic carbocycles. The van der Waals surface area contributed by atoms with Crippen molar-refractivity contribution in [3.63, 3.8) is 0 Å². The molecule has 1 aromatic heterocycles. The number of carbonyl (C=O) groups is 4. The zero-order valence-corrected chi connectivity index (χ0v) is 16.7. The summed E-state index contributed by atoms with van der Waals surface area (Å²) in [7, 11) is 0. The van der Waals surface area contributed by atoms with E-state index >= 15 is 0 Å². The van der Waals surface area contributed by atoms with E-state index in [1.165, 1.54) is 6.92 Å². The van der Waals surface area contributed by atoms with Crippen molar-refractivity contribution < 1.29 is 23.9 Å². The number of fused-ring (bicyclic) bond motifs is 1. The Morgan fingerprint density at radius 1 is 1.00 bits per heavy atom. The maximum Gasteiger partial charge on any atom is 0.306 e. The lowest BCUT2D eigenvalue weighted by Gasteiger charge is -2.34. The standard InChI is InChI=1S/C21H25N3O5/c1-14-21(16-5-3-4-6-17(16)22-14)18(26)13-29-20(28)8-7-19(27)24-11-9-23(10-12-24)15(2)25/h3-6,22H,7-13H2,1-2H3. The van der Waals surface area contributed by atoms with Crippen molar-refractivity contribution in [3.05, 3.63) is 35.5 Å². The van der Waals surface area contributed by atoms with Crippen LogP contribution < -0.4 is 0 Å². The summed E-state index contributed by atoms with van der Waals surface area (Å²) in [5, 5.41) is 0.797. The van der Waals surface area contributed by atoms with E-state index in [4.69, 9.17) is 4.74 Å². The summed E-state index contributed by atoms with van der Waals surface area (Å²) in [4.78, 5) is 54.5. The minimum atomic E-state index is -0.577. The molecule has 1 fully saturated rings. The molecule has 154 valence electrons. The molecule has 1 aliphatic heterocycles. The third-order valence-corrected chi connectivity index (χ3v) is 5.16. The molecule has 0 bridgehead atoms. The molecule has 2 heterocycles. The SMILES string of the molecule is CC(=O)N1CCN(C(=O)CCC(=O)OCC(=O)c2c(C)[nH]c3ccccc23)CC1. The fraction of sp³-hybridized carbons (Fsp3) is 0.429. The van der Waals surface area contributed by atoms with Crippen LogP contribution in [0.3, 0.4) is 0 Å². The number of H-pyrrole nitrogens is 1. The van der Waals surface area contributed by atoms with Gasteiger partial charge in [0, 0.05) is 61.7 Å². The van der Waals surface area contributed by atoms with Gasteiger partial charge >= 0.3 is 5.97 Å². The molecule has 1 saturated heterocycles. The van der Waals surface area contributed by atoms with Gasteiger partial charge < -0.3 is 19.5 Å². The van der Waals surface area contributed by atoms with E-state index in [0.29, 0.717) is 31.7 Å². The normalized spacial score (nSPS) is 14.1. The molecule has 29 heavy (non-hydrogen) atoms. The first kappa shape index (κ1) is 20.6. The molecule has 8 heteroatoms. The zero-order valence-electron chi connectivity index (χ0n) is 16.7. The van der Waals surface area contributed by atoms with Crippen molar-refractivity contribution in [1.82, 2.24) is 14.8 Å². The van der Waals surface area contributed by atoms with Gasteiger partial charge in [-0.05, 0) is 13.0 Å². The fourth-order valence-electron chi connectivity index (χ4n) is 3.56. The number of esters is 1. The van der Waals surface area contributed by atoms with Crippen LogP contribution in [0.15, 0.2) is 24.3 Å². The summed E-state index contributed by atoms with van der Waals surface area (Å²) in [5.41, 5.74) is 2.11. The molecule has 0 saturated carbocycles. The first-order chi connectivity index (χ1) is 13.9. The van der Waals surface area contributed by atoms with E-state index in [-0.39, 0.29) is 37.0 Å². The van der Waals surface area contributed by atoms with Gasteiger partial charge in [0.1, 0.15) is 0 Å². The average molecular weight is 399 g/mol. The van der Waals surface area contributed by atoms with Crippen molar-refractivity contribution in [2.75, 3.05) is 32.8 Å². The number of carbonyl (C=O) groups excluding carboxylic acids is 4. The van der Waals surface area contributed by atoms with Gasteiger partial charge in [-0.3, -0.25) is 19.2 Å². The molecule has 1 aliphatic rings. The number of piperazine rings is 1. The summed E-state index contributed by atoms with van der Waals surface area (Å²) in [6.07, 6.45) is -0.0505. The predicted octanol–water partition coefficient (Wildman–Crippen LogP) is 1.67. The van der Waals surface area contributed by atoms with Crippen LogP contribution in [-0.2, 0) is 19.1 Å². The average Bonchev–Trinajstić information content (AvgIpc) is 3.06. The van der Waals surface area contributed by atoms with Gasteiger partial charge in [-0.15, -0.1) is 0 Å². The molecule has 8 nitrogen and oxygen atoms in total. The molecular formula is C21H25N3O5. The van der Waals surface area contributed by atoms with Crippen molar-refractivity contribution in [1.29, 1.82) is 0 Å². The minimum Gasteiger partial charge on any atom is -0.457 e. The van der Waals surface area contributed by atoms with Crippen molar-refractivity contribution in [2.24, 2.45) is 0 Å². The highest BCUT2D eigenvalue weighted by atomic mass is 16.5. The molecule has 3 rings (SSSR count). The molecule has 1 aromatic carbocycles. The van der Waals surface area contributed by atoms with Crippen LogP contribution in [0.1, 0.15) is 35.8 Å². The first-order valence-electron chi connectivity index (χ1n) is 9.66. The number of hydrogen-bond acceptors (Lipinski definition) is 5. The number of aromatic amines is 1. The minimum absolute atomic E-state index is 0.00391. The van der Waals surface area contributed by atoms with E-state index < -0.39 is 5.97 Å². The summed E-state index contributed by atoms with van der Waals surface area (Å²) < 4.78 is 5.09. The van der Waals surface area contributed by atoms with Gasteiger partial charge in [-0.25, -0.2) is 0 Å². The summed E-state index contributed by atoms with van der Waals surface area (Å²) in [6.45, 7) is 4.89. The molecular weight excluding hydrogens is 374 g/mol. The number of Topliss-reactive ketones (excluding diaryl/α,β-unsaturated/α-hetero) is 1. The van der Waals surface area contributed by atoms with Crippen LogP contribution in [0.4, 0.5) is 0 Å². The van der Waals surface area contributed by atoms with E-state index in [1.54, 1.807) is 16.7 Å². The van der Waals surface area contributed by atoms with Crippen LogP contribution >= 0.6 is 0 Å². The maximum atomic E-state index is 12.5. The van der Waals surface area contributed by atoms with E-state index in [0.717, 1.165) is 16.6 Å². The van der Waals surface area contributed by atoms with Crippen LogP contribution in [0.2, 0.25) is 0 Å². The number of amides is 2. The Kier molecular flexibility index (Phi) is 6.31. The van der Waals surface area contributed by atoms with Crippen molar-refractivity contribution >= 4 is 34.5 Å². The topological polar surface area (TPSA) is 99.8 Å². The molecule has 2 amide bonds. The van der Waals surface area contributed by atoms with Crippen molar-refractivity contribution in [3.8, 4) is 0 Å². The van der Waals surface area contributed by atoms with Crippen LogP contribution in [0, 0.1) is 6.92 Å². The molecule has 2 aromatic rings. The Balaban J connectivity index is 1.45. The lowest BCUT2D eigenvalue weighted by Crippen LogP contribution is -2.50. The summed E-state index contributed by atoms with van der Waals surface area (Å²) in [5.74, 6) is -1.01. The number of aromatic nitrogens is 1. The molecule has 0 atom stereocenters. The Morgan fingerprint density at radius 2 is 1.66 bits per heavy atom. The quantitative estimate of drug-likeness (QED) is 0.588. The maximum absolute atomic E-state index is 12.5. The highest BCUT2D eigenvalue weighted by Gasteiger charge is 2.23. The summed E-state index contributed by atoms with van der Waals surface area (Å²) in [6, 6.07) is 7.45. The van der Waals surface area contributed by atoms with E-state index in [1.807, 2.05) is 24.3 Å². The third-order valence-electron chi connectivity index (χ3n) is 5.16. The second-order valence-electron chi connectivity index (χ2n) is 7.14. The Bertz CT molecular complexity index is 941. The molecule has 1 N–H and O–H groups in total. The first-order valence-corrected chi connectivity index (χ1v) is 9.66. The Hall–Kier alpha value is -3.16. The monoisotopic (exact) mass is 399 g/mol. The molecule has 0 radical (unpaired) electrons. The van der Waals surface area contributed by atoms with Gasteiger partial charge in [0.25, 0.3) is 0 Å². The fourth-order valence-corrected chi connectivity index (χ4v) is 3.56. The van der Waals surface area contributed by atoms with Gasteiger partial charge in [0.2, 0.25) is 17.6 Å². The second kappa shape index (κ2) is 8.89. The lowest BCUT2D eigenvalue weighted by molar-refractivity contribution is -0.145. The number of rotatable bonds is 6. The number of nitrogens with zero attached hydrogens (tertiary/aromatic N) is 2. The number of aryl methyl sites for hydroxylation is 1. The van der Waals surface area contributed by atoms with E-state index in [9.17, 15) is 19.2 Å². The van der Waals surface area contributed by atoms with Crippen LogP contribution in [0.25, 0.3) is 10.9 Å². The van der Waals surface area contributed by atoms with E-state index in [2.05, 4.69) is 4.98 Å². The van der Waals surface area contributed by atoms with Crippen LogP contribution in [-0.4, -0.2) is 71.1 Å². The number of para-hydroxylation sites is 1. The Labute approximate surface area is 168 Å². The number of hydrogen-bond donors (Lipinski definition) is 1. The van der Waals surface area contributed by atoms with Crippen LogP contribution in [0.5, 0.6) is 0 Å². The number of benzene rings is 1. The number of ether oxygens (including phenoxy) is 1. The highest BCUT2D eigenvalue weighted by molar-refractivity contribution is 6.10. The molecule has 0 unspecified atom stereocenters. The van der Waals surface area contributed by atoms with Gasteiger partial charge in [0.05, 0.1) is 6.42 Å². The smallest absolute Gasteiger partial charge is 0.306 e. The number of ketones is 1. The van der Waals surface area contributed by atoms with Gasteiger partial charge in [0.15, 0.2) is 6.61 Å².